The molecule has 4 aliphatic rings. The van der Waals surface area contributed by atoms with Gasteiger partial charge in [0.25, 0.3) is 11.8 Å². The number of unbranched alkanes of at least 4 members (excludes halogenated alkanes) is 7. The number of benzene rings is 2. The van der Waals surface area contributed by atoms with Crippen LogP contribution in [0.4, 0.5) is 5.69 Å². The second kappa shape index (κ2) is 18.0. The number of anilines is 1. The van der Waals surface area contributed by atoms with Crippen LogP contribution in [0.1, 0.15) is 167 Å². The number of allylic oxidation sites excluding steroid dienone is 5. The standard InChI is InChI=1S/C47H59N3O6/c1-6-9-12-14-23-48-40-29-38-36(26-31(40)17-11-8-3)44(34-20-19-33(28-35(34)45(53)54)46(55)56-50-42(51)21-22-43(50)52)37-27-32-18-16-25-49(24-15-13-10-7-2)41(32)30-39(37)47(38,4)5/h19-20,26-30H,6-18,21-25H2,1-5H3,(H,53,54)/b48-40+. The molecular formula is C47H59N3O6. The minimum atomic E-state index is -1.19. The van der Waals surface area contributed by atoms with Gasteiger partial charge in [-0.05, 0) is 119 Å². The van der Waals surface area contributed by atoms with Gasteiger partial charge in [-0.3, -0.25) is 14.6 Å². The molecule has 1 saturated heterocycles. The summed E-state index contributed by atoms with van der Waals surface area (Å²) < 4.78 is 0. The van der Waals surface area contributed by atoms with Crippen molar-refractivity contribution in [1.29, 1.82) is 0 Å². The van der Waals surface area contributed by atoms with Crippen LogP contribution in [0.15, 0.2) is 64.2 Å². The predicted molar refractivity (Wildman–Crippen MR) is 222 cm³/mol. The number of hydrogen-bond donors (Lipinski definition) is 1. The fourth-order valence-corrected chi connectivity index (χ4v) is 8.64. The molecule has 0 radical (unpaired) electrons. The zero-order valence-corrected chi connectivity index (χ0v) is 34.1. The number of aryl methyl sites for hydroxylation is 1. The van der Waals surface area contributed by atoms with E-state index in [1.54, 1.807) is 6.07 Å². The fourth-order valence-electron chi connectivity index (χ4n) is 8.64. The van der Waals surface area contributed by atoms with Crippen molar-refractivity contribution in [3.8, 4) is 0 Å². The Morgan fingerprint density at radius 2 is 1.55 bits per heavy atom. The molecule has 0 atom stereocenters. The lowest BCUT2D eigenvalue weighted by Crippen LogP contribution is -2.34. The highest BCUT2D eigenvalue weighted by atomic mass is 16.7. The topological polar surface area (TPSA) is 117 Å². The third-order valence-corrected chi connectivity index (χ3v) is 11.8. The van der Waals surface area contributed by atoms with E-state index in [1.807, 2.05) is 0 Å². The Labute approximate surface area is 332 Å². The van der Waals surface area contributed by atoms with Crippen molar-refractivity contribution in [3.05, 3.63) is 92.6 Å². The van der Waals surface area contributed by atoms with Crippen molar-refractivity contribution in [2.45, 2.75) is 136 Å². The fraction of sp³-hybridized carbons (Fsp3) is 0.511. The Morgan fingerprint density at radius 3 is 2.25 bits per heavy atom. The largest absolute Gasteiger partial charge is 0.478 e. The average Bonchev–Trinajstić information content (AvgIpc) is 3.50. The van der Waals surface area contributed by atoms with Crippen LogP contribution < -0.4 is 4.90 Å². The van der Waals surface area contributed by atoms with Gasteiger partial charge in [0.2, 0.25) is 0 Å². The Bertz CT molecular complexity index is 1980. The second-order valence-electron chi connectivity index (χ2n) is 16.3. The number of hydroxylamine groups is 2. The molecule has 0 bridgehead atoms. The number of carboxylic acid groups (broad SMARTS) is 1. The number of carboxylic acids is 1. The highest BCUT2D eigenvalue weighted by Crippen LogP contribution is 2.53. The Morgan fingerprint density at radius 1 is 0.839 bits per heavy atom. The number of hydrogen-bond acceptors (Lipinski definition) is 7. The molecule has 9 nitrogen and oxygen atoms in total. The molecule has 0 spiro atoms. The van der Waals surface area contributed by atoms with E-state index >= 15 is 0 Å². The maximum absolute atomic E-state index is 13.3. The quantitative estimate of drug-likeness (QED) is 0.126. The highest BCUT2D eigenvalue weighted by Gasteiger charge is 2.41. The lowest BCUT2D eigenvalue weighted by molar-refractivity contribution is -0.172. The van der Waals surface area contributed by atoms with Crippen molar-refractivity contribution in [1.82, 2.24) is 5.06 Å². The summed E-state index contributed by atoms with van der Waals surface area (Å²) in [7, 11) is 0. The maximum atomic E-state index is 13.3. The number of carbonyl (C=O) groups excluding carboxylic acids is 3. The van der Waals surface area contributed by atoms with Crippen LogP contribution in [-0.2, 0) is 26.3 Å². The summed E-state index contributed by atoms with van der Waals surface area (Å²) in [6, 6.07) is 9.21. The number of aliphatic imine (C=N–C) groups is 1. The molecule has 298 valence electrons. The van der Waals surface area contributed by atoms with Crippen LogP contribution in [0.2, 0.25) is 0 Å². The summed E-state index contributed by atoms with van der Waals surface area (Å²) in [5.41, 5.74) is 9.73. The molecule has 1 fully saturated rings. The lowest BCUT2D eigenvalue weighted by Gasteiger charge is -2.42. The van der Waals surface area contributed by atoms with E-state index in [0.29, 0.717) is 10.6 Å². The first-order valence-corrected chi connectivity index (χ1v) is 21.1. The number of aromatic carboxylic acids is 1. The Kier molecular flexibility index (Phi) is 13.1. The lowest BCUT2D eigenvalue weighted by atomic mass is 9.63. The molecule has 2 aliphatic carbocycles. The summed E-state index contributed by atoms with van der Waals surface area (Å²) in [5.74, 6) is -3.34. The summed E-state index contributed by atoms with van der Waals surface area (Å²) in [6.07, 6.45) is 18.7. The highest BCUT2D eigenvalue weighted by molar-refractivity contribution is 6.14. The molecule has 2 heterocycles. The molecule has 0 saturated carbocycles. The predicted octanol–water partition coefficient (Wildman–Crippen LogP) is 10.1. The smallest absolute Gasteiger partial charge is 0.363 e. The number of fused-ring (bicyclic) bond motifs is 3. The number of carbonyl (C=O) groups is 4. The minimum Gasteiger partial charge on any atom is -0.478 e. The van der Waals surface area contributed by atoms with E-state index in [0.717, 1.165) is 110 Å². The van der Waals surface area contributed by atoms with Crippen molar-refractivity contribution >= 4 is 40.7 Å². The molecular weight excluding hydrogens is 703 g/mol. The zero-order chi connectivity index (χ0) is 40.0. The van der Waals surface area contributed by atoms with Crippen LogP contribution in [0.3, 0.4) is 0 Å². The third kappa shape index (κ3) is 8.47. The van der Waals surface area contributed by atoms with Gasteiger partial charge in [-0.15, -0.1) is 5.06 Å². The van der Waals surface area contributed by atoms with Gasteiger partial charge in [-0.25, -0.2) is 9.59 Å². The third-order valence-electron chi connectivity index (χ3n) is 11.8. The van der Waals surface area contributed by atoms with E-state index in [2.05, 4.69) is 63.8 Å². The first-order chi connectivity index (χ1) is 27.0. The van der Waals surface area contributed by atoms with E-state index < -0.39 is 29.2 Å². The van der Waals surface area contributed by atoms with Gasteiger partial charge in [0.05, 0.1) is 16.8 Å². The van der Waals surface area contributed by atoms with Crippen molar-refractivity contribution < 1.29 is 29.1 Å². The first kappa shape index (κ1) is 40.9. The molecule has 1 N–H and O–H groups in total. The molecule has 0 aromatic heterocycles. The van der Waals surface area contributed by atoms with Gasteiger partial charge in [-0.2, -0.15) is 0 Å². The number of rotatable bonds is 17. The first-order valence-electron chi connectivity index (χ1n) is 21.1. The van der Waals surface area contributed by atoms with Crippen molar-refractivity contribution in [3.63, 3.8) is 0 Å². The summed E-state index contributed by atoms with van der Waals surface area (Å²) >= 11 is 0. The van der Waals surface area contributed by atoms with E-state index in [-0.39, 0.29) is 24.0 Å². The maximum Gasteiger partial charge on any atom is 0.363 e. The normalized spacial score (nSPS) is 18.1. The van der Waals surface area contributed by atoms with Crippen LogP contribution in [0.25, 0.3) is 5.57 Å². The summed E-state index contributed by atoms with van der Waals surface area (Å²) in [6.45, 7) is 14.0. The van der Waals surface area contributed by atoms with Crippen molar-refractivity contribution in [2.75, 3.05) is 24.5 Å². The van der Waals surface area contributed by atoms with Crippen LogP contribution >= 0.6 is 0 Å². The molecule has 9 heteroatoms. The van der Waals surface area contributed by atoms with E-state index in [1.165, 1.54) is 55.5 Å². The van der Waals surface area contributed by atoms with Gasteiger partial charge in [0, 0.05) is 43.6 Å². The van der Waals surface area contributed by atoms with E-state index in [9.17, 15) is 24.3 Å². The molecule has 56 heavy (non-hydrogen) atoms. The minimum absolute atomic E-state index is 0.0344. The average molecular weight is 762 g/mol. The SMILES string of the molecule is CCCCCC/N=C1\C=C2C(=C(c3ccc(C(=O)ON4C(=O)CCC4=O)cc3C(=O)O)c3cc4c(cc3C2(C)C)N(CCCCCC)CCC4)C=C1CCCC. The summed E-state index contributed by atoms with van der Waals surface area (Å²) in [5, 5.41) is 11.3. The van der Waals surface area contributed by atoms with Gasteiger partial charge in [0.1, 0.15) is 0 Å². The molecule has 6 rings (SSSR count). The Balaban J connectivity index is 1.54. The van der Waals surface area contributed by atoms with Crippen molar-refractivity contribution in [2.24, 2.45) is 4.99 Å². The van der Waals surface area contributed by atoms with Crippen LogP contribution in [-0.4, -0.2) is 59.3 Å². The Hall–Kier alpha value is -4.79. The molecule has 2 aliphatic heterocycles. The zero-order valence-electron chi connectivity index (χ0n) is 34.1. The molecule has 0 unspecified atom stereocenters. The van der Waals surface area contributed by atoms with Gasteiger partial charge < -0.3 is 14.8 Å². The molecule has 2 aromatic rings. The number of nitrogens with zero attached hydrogens (tertiary/aromatic N) is 3. The molecule has 2 aromatic carbocycles. The van der Waals surface area contributed by atoms with E-state index in [4.69, 9.17) is 9.83 Å². The summed E-state index contributed by atoms with van der Waals surface area (Å²) in [4.78, 5) is 63.9. The van der Waals surface area contributed by atoms with Gasteiger partial charge in [0.15, 0.2) is 0 Å². The number of amides is 2. The molecule has 2 amide bonds. The number of imide groups is 1. The van der Waals surface area contributed by atoms with Gasteiger partial charge >= 0.3 is 11.9 Å². The van der Waals surface area contributed by atoms with Crippen LogP contribution in [0, 0.1) is 0 Å². The van der Waals surface area contributed by atoms with Crippen LogP contribution in [0.5, 0.6) is 0 Å². The second-order valence-corrected chi connectivity index (χ2v) is 16.3. The van der Waals surface area contributed by atoms with Gasteiger partial charge in [-0.1, -0.05) is 85.6 Å². The monoisotopic (exact) mass is 761 g/mol.